The fourth-order valence-electron chi connectivity index (χ4n) is 2.16. The second kappa shape index (κ2) is 8.34. The quantitative estimate of drug-likeness (QED) is 0.645. The third-order valence-corrected chi connectivity index (χ3v) is 3.70. The van der Waals surface area contributed by atoms with Crippen molar-refractivity contribution in [2.75, 3.05) is 6.54 Å². The number of hydrogen-bond donors (Lipinski definition) is 3. The van der Waals surface area contributed by atoms with Gasteiger partial charge in [0.15, 0.2) is 5.82 Å². The van der Waals surface area contributed by atoms with E-state index in [2.05, 4.69) is 26.2 Å². The molecule has 0 bridgehead atoms. The van der Waals surface area contributed by atoms with Crippen LogP contribution in [0.5, 0.6) is 0 Å². The normalized spacial score (nSPS) is 13.3. The third kappa shape index (κ3) is 4.83. The topological polar surface area (TPSA) is 128 Å². The Bertz CT molecular complexity index is 714. The Hall–Kier alpha value is -2.81. The van der Waals surface area contributed by atoms with Crippen molar-refractivity contribution in [1.29, 1.82) is 0 Å². The zero-order valence-corrected chi connectivity index (χ0v) is 14.5. The highest BCUT2D eigenvalue weighted by atomic mass is 16.2. The van der Waals surface area contributed by atoms with Crippen molar-refractivity contribution in [3.05, 3.63) is 36.2 Å². The molecule has 25 heavy (non-hydrogen) atoms. The first kappa shape index (κ1) is 18.5. The molecule has 0 radical (unpaired) electrons. The van der Waals surface area contributed by atoms with Gasteiger partial charge in [0, 0.05) is 0 Å². The highest BCUT2D eigenvalue weighted by molar-refractivity contribution is 5.87. The Morgan fingerprint density at radius 2 is 1.88 bits per heavy atom. The summed E-state index contributed by atoms with van der Waals surface area (Å²) in [5.41, 5.74) is 6.53. The third-order valence-electron chi connectivity index (χ3n) is 3.70. The Balaban J connectivity index is 1.94. The SMILES string of the molecule is CC(NC(=O)CNC(=O)[C@@H](N)C(C)C)c1nnnn1-c1ccccc1. The number of para-hydroxylation sites is 1. The average Bonchev–Trinajstić information content (AvgIpc) is 3.09. The monoisotopic (exact) mass is 345 g/mol. The van der Waals surface area contributed by atoms with Gasteiger partial charge in [-0.1, -0.05) is 32.0 Å². The van der Waals surface area contributed by atoms with Crippen molar-refractivity contribution in [2.24, 2.45) is 11.7 Å². The Morgan fingerprint density at radius 1 is 1.20 bits per heavy atom. The lowest BCUT2D eigenvalue weighted by atomic mass is 10.1. The summed E-state index contributed by atoms with van der Waals surface area (Å²) in [6, 6.07) is 8.29. The number of aromatic nitrogens is 4. The molecule has 1 aromatic heterocycles. The van der Waals surface area contributed by atoms with Crippen LogP contribution in [0.3, 0.4) is 0 Å². The Kier molecular flexibility index (Phi) is 6.18. The molecule has 0 aliphatic heterocycles. The number of nitrogens with two attached hydrogens (primary N) is 1. The van der Waals surface area contributed by atoms with Gasteiger partial charge in [0.2, 0.25) is 11.8 Å². The summed E-state index contributed by atoms with van der Waals surface area (Å²) in [5.74, 6) is -0.214. The van der Waals surface area contributed by atoms with E-state index in [1.807, 2.05) is 44.2 Å². The fourth-order valence-corrected chi connectivity index (χ4v) is 2.16. The first-order valence-corrected chi connectivity index (χ1v) is 8.06. The molecule has 0 saturated heterocycles. The number of benzene rings is 1. The molecule has 2 atom stereocenters. The van der Waals surface area contributed by atoms with Gasteiger partial charge in [-0.2, -0.15) is 4.68 Å². The van der Waals surface area contributed by atoms with E-state index in [-0.39, 0.29) is 24.3 Å². The summed E-state index contributed by atoms with van der Waals surface area (Å²) in [7, 11) is 0. The van der Waals surface area contributed by atoms with Crippen LogP contribution in [0.2, 0.25) is 0 Å². The van der Waals surface area contributed by atoms with Gasteiger partial charge in [-0.15, -0.1) is 5.10 Å². The van der Waals surface area contributed by atoms with Crippen LogP contribution in [0.4, 0.5) is 0 Å². The maximum Gasteiger partial charge on any atom is 0.239 e. The summed E-state index contributed by atoms with van der Waals surface area (Å²) in [6.45, 7) is 5.30. The molecule has 0 aliphatic rings. The number of tetrazole rings is 1. The van der Waals surface area contributed by atoms with Gasteiger partial charge in [-0.25, -0.2) is 0 Å². The number of rotatable bonds is 7. The van der Waals surface area contributed by atoms with Gasteiger partial charge in [0.25, 0.3) is 0 Å². The highest BCUT2D eigenvalue weighted by Gasteiger charge is 2.20. The van der Waals surface area contributed by atoms with Crippen LogP contribution in [-0.2, 0) is 9.59 Å². The minimum Gasteiger partial charge on any atom is -0.346 e. The van der Waals surface area contributed by atoms with E-state index in [1.54, 1.807) is 11.6 Å². The lowest BCUT2D eigenvalue weighted by Crippen LogP contribution is -2.47. The van der Waals surface area contributed by atoms with Gasteiger partial charge >= 0.3 is 0 Å². The van der Waals surface area contributed by atoms with Crippen LogP contribution >= 0.6 is 0 Å². The summed E-state index contributed by atoms with van der Waals surface area (Å²) < 4.78 is 1.55. The van der Waals surface area contributed by atoms with Crippen LogP contribution in [0.15, 0.2) is 30.3 Å². The number of hydrogen-bond acceptors (Lipinski definition) is 6. The van der Waals surface area contributed by atoms with Crippen LogP contribution in [0.25, 0.3) is 5.69 Å². The van der Waals surface area contributed by atoms with E-state index < -0.39 is 12.1 Å². The molecular weight excluding hydrogens is 322 g/mol. The number of nitrogens with one attached hydrogen (secondary N) is 2. The maximum absolute atomic E-state index is 12.0. The van der Waals surface area contributed by atoms with Crippen molar-refractivity contribution < 1.29 is 9.59 Å². The molecule has 1 aromatic carbocycles. The van der Waals surface area contributed by atoms with Gasteiger partial charge in [0.1, 0.15) is 0 Å². The number of amides is 2. The molecule has 0 fully saturated rings. The van der Waals surface area contributed by atoms with Crippen LogP contribution in [0.1, 0.15) is 32.6 Å². The van der Waals surface area contributed by atoms with E-state index in [0.717, 1.165) is 5.69 Å². The zero-order chi connectivity index (χ0) is 18.4. The predicted octanol–water partition coefficient (Wildman–Crippen LogP) is -0.0610. The van der Waals surface area contributed by atoms with Gasteiger partial charge in [-0.05, 0) is 35.4 Å². The molecule has 0 spiro atoms. The summed E-state index contributed by atoms with van der Waals surface area (Å²) >= 11 is 0. The molecule has 134 valence electrons. The van der Waals surface area contributed by atoms with E-state index in [4.69, 9.17) is 5.73 Å². The summed E-state index contributed by atoms with van der Waals surface area (Å²) in [4.78, 5) is 23.8. The van der Waals surface area contributed by atoms with Crippen molar-refractivity contribution in [3.63, 3.8) is 0 Å². The van der Waals surface area contributed by atoms with Gasteiger partial charge in [-0.3, -0.25) is 9.59 Å². The number of nitrogens with zero attached hydrogens (tertiary/aromatic N) is 4. The molecule has 9 heteroatoms. The molecule has 4 N–H and O–H groups in total. The smallest absolute Gasteiger partial charge is 0.239 e. The van der Waals surface area contributed by atoms with Crippen LogP contribution in [-0.4, -0.2) is 44.6 Å². The van der Waals surface area contributed by atoms with Gasteiger partial charge < -0.3 is 16.4 Å². The standard InChI is InChI=1S/C16H23N7O2/c1-10(2)14(17)16(25)18-9-13(24)19-11(3)15-20-21-22-23(15)12-7-5-4-6-8-12/h4-8,10-11,14H,9,17H2,1-3H3,(H,18,25)(H,19,24)/t11?,14-/m0/s1. The molecule has 2 aromatic rings. The minimum absolute atomic E-state index is 0.00233. The minimum atomic E-state index is -0.643. The fraction of sp³-hybridized carbons (Fsp3) is 0.438. The lowest BCUT2D eigenvalue weighted by molar-refractivity contribution is -0.127. The Morgan fingerprint density at radius 3 is 2.52 bits per heavy atom. The Labute approximate surface area is 146 Å². The molecule has 1 heterocycles. The second-order valence-electron chi connectivity index (χ2n) is 6.06. The summed E-state index contributed by atoms with van der Waals surface area (Å²) in [5, 5.41) is 16.9. The lowest BCUT2D eigenvalue weighted by Gasteiger charge is -2.16. The molecule has 1 unspecified atom stereocenters. The van der Waals surface area contributed by atoms with E-state index in [9.17, 15) is 9.59 Å². The summed E-state index contributed by atoms with van der Waals surface area (Å²) in [6.07, 6.45) is 0. The van der Waals surface area contributed by atoms with Crippen molar-refractivity contribution in [2.45, 2.75) is 32.9 Å². The predicted molar refractivity (Wildman–Crippen MR) is 91.5 cm³/mol. The second-order valence-corrected chi connectivity index (χ2v) is 6.06. The molecule has 2 amide bonds. The molecule has 9 nitrogen and oxygen atoms in total. The first-order valence-electron chi connectivity index (χ1n) is 8.06. The average molecular weight is 345 g/mol. The first-order chi connectivity index (χ1) is 11.9. The van der Waals surface area contributed by atoms with Gasteiger partial charge in [0.05, 0.1) is 24.3 Å². The maximum atomic E-state index is 12.0. The largest absolute Gasteiger partial charge is 0.346 e. The number of carbonyl (C=O) groups is 2. The van der Waals surface area contributed by atoms with E-state index in [0.29, 0.717) is 5.82 Å². The van der Waals surface area contributed by atoms with Crippen molar-refractivity contribution in [1.82, 2.24) is 30.8 Å². The zero-order valence-electron chi connectivity index (χ0n) is 14.5. The van der Waals surface area contributed by atoms with Crippen LogP contribution < -0.4 is 16.4 Å². The molecule has 0 aliphatic carbocycles. The highest BCUT2D eigenvalue weighted by Crippen LogP contribution is 2.13. The van der Waals surface area contributed by atoms with Crippen molar-refractivity contribution in [3.8, 4) is 5.69 Å². The number of carbonyl (C=O) groups excluding carboxylic acids is 2. The van der Waals surface area contributed by atoms with Crippen LogP contribution in [0, 0.1) is 5.92 Å². The molecular formula is C16H23N7O2. The molecule has 0 saturated carbocycles. The van der Waals surface area contributed by atoms with E-state index >= 15 is 0 Å². The molecule has 2 rings (SSSR count). The van der Waals surface area contributed by atoms with Crippen molar-refractivity contribution >= 4 is 11.8 Å². The van der Waals surface area contributed by atoms with E-state index in [1.165, 1.54) is 0 Å².